The summed E-state index contributed by atoms with van der Waals surface area (Å²) in [4.78, 5) is 20.6. The predicted molar refractivity (Wildman–Crippen MR) is 129 cm³/mol. The minimum absolute atomic E-state index is 0.0154. The molecule has 3 heterocycles. The molecule has 2 aromatic rings. The summed E-state index contributed by atoms with van der Waals surface area (Å²) in [5.41, 5.74) is 4.58. The van der Waals surface area contributed by atoms with Crippen LogP contribution in [0.5, 0.6) is 0 Å². The summed E-state index contributed by atoms with van der Waals surface area (Å²) in [5, 5.41) is 8.15. The van der Waals surface area contributed by atoms with Gasteiger partial charge in [0.25, 0.3) is 0 Å². The molecule has 7 heteroatoms. The number of fused-ring (bicyclic) bond motifs is 1. The van der Waals surface area contributed by atoms with Gasteiger partial charge in [-0.1, -0.05) is 23.9 Å². The Morgan fingerprint density at radius 1 is 1.27 bits per heavy atom. The summed E-state index contributed by atoms with van der Waals surface area (Å²) >= 11 is 3.07. The highest BCUT2D eigenvalue weighted by molar-refractivity contribution is 8.15. The Hall–Kier alpha value is -2.12. The van der Waals surface area contributed by atoms with E-state index in [4.69, 9.17) is 4.99 Å². The van der Waals surface area contributed by atoms with Crippen LogP contribution in [0, 0.1) is 0 Å². The largest absolute Gasteiger partial charge is 0.325 e. The number of hydrogen-bond acceptors (Lipinski definition) is 5. The van der Waals surface area contributed by atoms with E-state index in [1.165, 1.54) is 32.9 Å². The van der Waals surface area contributed by atoms with Crippen LogP contribution >= 0.6 is 23.1 Å². The summed E-state index contributed by atoms with van der Waals surface area (Å²) in [6.45, 7) is 9.35. The van der Waals surface area contributed by atoms with E-state index < -0.39 is 0 Å². The molecule has 1 amide bonds. The molecule has 0 radical (unpaired) electrons. The summed E-state index contributed by atoms with van der Waals surface area (Å²) in [5.74, 6) is 1.06. The Morgan fingerprint density at radius 2 is 2.07 bits per heavy atom. The van der Waals surface area contributed by atoms with Gasteiger partial charge in [-0.15, -0.1) is 11.3 Å². The van der Waals surface area contributed by atoms with E-state index in [9.17, 15) is 4.79 Å². The molecule has 0 fully saturated rings. The Morgan fingerprint density at radius 3 is 2.77 bits per heavy atom. The van der Waals surface area contributed by atoms with E-state index in [0.29, 0.717) is 0 Å². The van der Waals surface area contributed by atoms with E-state index in [1.54, 1.807) is 18.4 Å². The molecule has 0 aliphatic carbocycles. The zero-order valence-electron chi connectivity index (χ0n) is 18.2. The first-order chi connectivity index (χ1) is 14.3. The van der Waals surface area contributed by atoms with Gasteiger partial charge in [-0.2, -0.15) is 5.10 Å². The number of hydrazone groups is 1. The maximum absolute atomic E-state index is 12.1. The van der Waals surface area contributed by atoms with Crippen molar-refractivity contribution in [1.29, 1.82) is 0 Å². The normalized spacial score (nSPS) is 19.2. The van der Waals surface area contributed by atoms with Crippen LogP contribution in [0.3, 0.4) is 0 Å². The van der Waals surface area contributed by atoms with Gasteiger partial charge in [0.05, 0.1) is 15.3 Å². The highest BCUT2D eigenvalue weighted by Crippen LogP contribution is 2.37. The second kappa shape index (κ2) is 8.19. The lowest BCUT2D eigenvalue weighted by Gasteiger charge is -2.35. The summed E-state index contributed by atoms with van der Waals surface area (Å²) < 4.78 is -0.354. The van der Waals surface area contributed by atoms with Crippen molar-refractivity contribution in [2.75, 3.05) is 18.5 Å². The van der Waals surface area contributed by atoms with Crippen molar-refractivity contribution in [1.82, 2.24) is 5.01 Å². The topological polar surface area (TPSA) is 48.3 Å². The van der Waals surface area contributed by atoms with Gasteiger partial charge in [-0.05, 0) is 75.2 Å². The van der Waals surface area contributed by atoms with E-state index >= 15 is 0 Å². The standard InChI is InChI=1S/C23H28N4OS2/c1-15(2)24-21(19-9-7-13-29-19)27-12-6-8-16-14-17(10-11-18(16)27)20-23(3,4)30-22(28)26(5)25-20/h7,9-11,13-15H,6,8,12H2,1-5H3. The van der Waals surface area contributed by atoms with E-state index in [2.05, 4.69) is 73.4 Å². The SMILES string of the molecule is CC(C)N=C(c1cccs1)N1CCCc2cc(C3=NN(C)C(=O)SC3(C)C)ccc21. The lowest BCUT2D eigenvalue weighted by Crippen LogP contribution is -2.40. The fourth-order valence-corrected chi connectivity index (χ4v) is 5.52. The fourth-order valence-electron chi connectivity index (χ4n) is 3.93. The summed E-state index contributed by atoms with van der Waals surface area (Å²) in [7, 11) is 1.72. The molecule has 0 atom stereocenters. The average molecular weight is 441 g/mol. The molecule has 30 heavy (non-hydrogen) atoms. The van der Waals surface area contributed by atoms with Crippen molar-refractivity contribution in [2.24, 2.45) is 10.1 Å². The number of amides is 1. The van der Waals surface area contributed by atoms with Gasteiger partial charge >= 0.3 is 5.24 Å². The number of aliphatic imine (C=N–C) groups is 1. The number of anilines is 1. The molecule has 0 bridgehead atoms. The molecule has 0 N–H and O–H groups in total. The number of carbonyl (C=O) groups excluding carboxylic acids is 1. The Balaban J connectivity index is 1.75. The third-order valence-corrected chi connectivity index (χ3v) is 7.28. The van der Waals surface area contributed by atoms with Gasteiger partial charge in [-0.3, -0.25) is 9.79 Å². The molecule has 0 saturated heterocycles. The number of carbonyl (C=O) groups is 1. The third kappa shape index (κ3) is 4.05. The number of thiophene rings is 1. The minimum Gasteiger partial charge on any atom is -0.325 e. The zero-order valence-corrected chi connectivity index (χ0v) is 19.8. The first kappa shape index (κ1) is 21.1. The highest BCUT2D eigenvalue weighted by atomic mass is 32.2. The van der Waals surface area contributed by atoms with Crippen LogP contribution in [0.2, 0.25) is 0 Å². The van der Waals surface area contributed by atoms with Crippen molar-refractivity contribution in [3.05, 3.63) is 51.7 Å². The fraction of sp³-hybridized carbons (Fsp3) is 0.435. The van der Waals surface area contributed by atoms with E-state index in [0.717, 1.165) is 36.5 Å². The molecule has 0 saturated carbocycles. The van der Waals surface area contributed by atoms with Crippen molar-refractivity contribution < 1.29 is 4.79 Å². The van der Waals surface area contributed by atoms with Gasteiger partial charge in [0.1, 0.15) is 5.84 Å². The number of rotatable bonds is 3. The number of aryl methyl sites for hydroxylation is 1. The number of amidine groups is 1. The lowest BCUT2D eigenvalue weighted by molar-refractivity contribution is 0.234. The number of benzene rings is 1. The Bertz CT molecular complexity index is 1010. The molecule has 2 aliphatic rings. The number of thioether (sulfide) groups is 1. The van der Waals surface area contributed by atoms with Gasteiger partial charge in [0, 0.05) is 25.3 Å². The van der Waals surface area contributed by atoms with Crippen LogP contribution < -0.4 is 4.90 Å². The van der Waals surface area contributed by atoms with Crippen LogP contribution in [-0.2, 0) is 6.42 Å². The van der Waals surface area contributed by atoms with Crippen molar-refractivity contribution in [2.45, 2.75) is 51.3 Å². The van der Waals surface area contributed by atoms with Crippen LogP contribution in [0.15, 0.2) is 45.8 Å². The highest BCUT2D eigenvalue weighted by Gasteiger charge is 2.37. The Kier molecular flexibility index (Phi) is 5.77. The lowest BCUT2D eigenvalue weighted by atomic mass is 9.93. The average Bonchev–Trinajstić information content (AvgIpc) is 3.22. The molecule has 1 aromatic heterocycles. The molecule has 2 aliphatic heterocycles. The van der Waals surface area contributed by atoms with Gasteiger partial charge in [-0.25, -0.2) is 5.01 Å². The smallest absolute Gasteiger partial charge is 0.302 e. The summed E-state index contributed by atoms with van der Waals surface area (Å²) in [6.07, 6.45) is 2.12. The van der Waals surface area contributed by atoms with Crippen molar-refractivity contribution in [3.63, 3.8) is 0 Å². The zero-order chi connectivity index (χ0) is 21.5. The minimum atomic E-state index is -0.354. The molecular weight excluding hydrogens is 412 g/mol. The van der Waals surface area contributed by atoms with Crippen molar-refractivity contribution >= 4 is 45.6 Å². The monoisotopic (exact) mass is 440 g/mol. The molecule has 1 aromatic carbocycles. The second-order valence-corrected chi connectivity index (χ2v) is 11.0. The van der Waals surface area contributed by atoms with E-state index in [1.807, 2.05) is 0 Å². The predicted octanol–water partition coefficient (Wildman–Crippen LogP) is 5.64. The van der Waals surface area contributed by atoms with Gasteiger partial charge < -0.3 is 4.90 Å². The molecule has 0 spiro atoms. The van der Waals surface area contributed by atoms with Crippen LogP contribution in [0.25, 0.3) is 0 Å². The maximum Gasteiger partial charge on any atom is 0.302 e. The molecule has 158 valence electrons. The quantitative estimate of drug-likeness (QED) is 0.459. The second-order valence-electron chi connectivity index (χ2n) is 8.47. The molecule has 0 unspecified atom stereocenters. The van der Waals surface area contributed by atoms with Gasteiger partial charge in [0.15, 0.2) is 0 Å². The summed E-state index contributed by atoms with van der Waals surface area (Å²) in [6, 6.07) is 11.1. The van der Waals surface area contributed by atoms with Crippen LogP contribution in [0.4, 0.5) is 10.5 Å². The Labute approximate surface area is 186 Å². The van der Waals surface area contributed by atoms with Crippen molar-refractivity contribution in [3.8, 4) is 0 Å². The molecule has 5 nitrogen and oxygen atoms in total. The first-order valence-corrected chi connectivity index (χ1v) is 12.0. The van der Waals surface area contributed by atoms with Gasteiger partial charge in [0.2, 0.25) is 0 Å². The number of nitrogens with zero attached hydrogens (tertiary/aromatic N) is 4. The third-order valence-electron chi connectivity index (χ3n) is 5.28. The first-order valence-electron chi connectivity index (χ1n) is 10.3. The number of hydrogen-bond donors (Lipinski definition) is 0. The van der Waals surface area contributed by atoms with Crippen LogP contribution in [0.1, 0.15) is 50.1 Å². The van der Waals surface area contributed by atoms with Crippen LogP contribution in [-0.4, -0.2) is 46.2 Å². The molecule has 4 rings (SSSR count). The molecular formula is C23H28N4OS2. The maximum atomic E-state index is 12.1. The van der Waals surface area contributed by atoms with E-state index in [-0.39, 0.29) is 16.0 Å².